The standard InChI is InChI=1S/C24H18ClFO2S/c1-14-7-8-16(11-15(14)2)12-19-23(29-22-10-9-17(26)13-20(22)25)18-5-3-4-6-21(18)28-24(19)27/h3-11,13H,12H2,1-2H3. The van der Waals surface area contributed by atoms with Crippen molar-refractivity contribution in [1.82, 2.24) is 0 Å². The predicted molar refractivity (Wildman–Crippen MR) is 117 cm³/mol. The predicted octanol–water partition coefficient (Wildman–Crippen LogP) is 6.94. The first-order valence-corrected chi connectivity index (χ1v) is 10.4. The molecule has 0 radical (unpaired) electrons. The van der Waals surface area contributed by atoms with Crippen LogP contribution in [0.5, 0.6) is 0 Å². The molecule has 4 rings (SSSR count). The monoisotopic (exact) mass is 424 g/mol. The van der Waals surface area contributed by atoms with Gasteiger partial charge in [-0.3, -0.25) is 0 Å². The summed E-state index contributed by atoms with van der Waals surface area (Å²) < 4.78 is 19.1. The first-order valence-electron chi connectivity index (χ1n) is 9.16. The number of aryl methyl sites for hydroxylation is 2. The summed E-state index contributed by atoms with van der Waals surface area (Å²) in [7, 11) is 0. The summed E-state index contributed by atoms with van der Waals surface area (Å²) in [5, 5.41) is 1.14. The second-order valence-corrected chi connectivity index (χ2v) is 8.42. The van der Waals surface area contributed by atoms with Gasteiger partial charge in [0.25, 0.3) is 0 Å². The maximum absolute atomic E-state index is 13.5. The molecule has 146 valence electrons. The van der Waals surface area contributed by atoms with E-state index >= 15 is 0 Å². The van der Waals surface area contributed by atoms with Crippen LogP contribution in [0.15, 0.2) is 79.7 Å². The first-order chi connectivity index (χ1) is 13.9. The summed E-state index contributed by atoms with van der Waals surface area (Å²) >= 11 is 7.62. The van der Waals surface area contributed by atoms with Crippen molar-refractivity contribution in [3.8, 4) is 0 Å². The van der Waals surface area contributed by atoms with Gasteiger partial charge in [-0.05, 0) is 54.8 Å². The topological polar surface area (TPSA) is 30.2 Å². The largest absolute Gasteiger partial charge is 0.422 e. The van der Waals surface area contributed by atoms with Crippen LogP contribution in [0.25, 0.3) is 11.0 Å². The van der Waals surface area contributed by atoms with E-state index in [9.17, 15) is 9.18 Å². The van der Waals surface area contributed by atoms with Gasteiger partial charge in [-0.2, -0.15) is 0 Å². The number of hydrogen-bond acceptors (Lipinski definition) is 3. The van der Waals surface area contributed by atoms with Crippen molar-refractivity contribution in [3.05, 3.63) is 104 Å². The average Bonchev–Trinajstić information content (AvgIpc) is 2.69. The molecule has 0 saturated carbocycles. The van der Waals surface area contributed by atoms with Crippen LogP contribution < -0.4 is 5.63 Å². The molecule has 3 aromatic carbocycles. The van der Waals surface area contributed by atoms with Gasteiger partial charge in [0.1, 0.15) is 11.4 Å². The number of benzene rings is 3. The molecule has 0 aliphatic carbocycles. The average molecular weight is 425 g/mol. The van der Waals surface area contributed by atoms with Gasteiger partial charge in [0.15, 0.2) is 0 Å². The van der Waals surface area contributed by atoms with Crippen molar-refractivity contribution >= 4 is 34.3 Å². The van der Waals surface area contributed by atoms with Crippen LogP contribution in [-0.4, -0.2) is 0 Å². The van der Waals surface area contributed by atoms with E-state index in [2.05, 4.69) is 26.0 Å². The molecule has 29 heavy (non-hydrogen) atoms. The van der Waals surface area contributed by atoms with Crippen LogP contribution in [0.2, 0.25) is 5.02 Å². The third kappa shape index (κ3) is 4.09. The molecule has 1 heterocycles. The lowest BCUT2D eigenvalue weighted by Crippen LogP contribution is -2.10. The van der Waals surface area contributed by atoms with Crippen molar-refractivity contribution in [2.45, 2.75) is 30.1 Å². The molecule has 1 aromatic heterocycles. The van der Waals surface area contributed by atoms with E-state index in [0.717, 1.165) is 15.8 Å². The fourth-order valence-corrected chi connectivity index (χ4v) is 4.57. The summed E-state index contributed by atoms with van der Waals surface area (Å²) in [6.45, 7) is 4.11. The Morgan fingerprint density at radius 3 is 2.55 bits per heavy atom. The maximum atomic E-state index is 13.5. The molecule has 0 bridgehead atoms. The highest BCUT2D eigenvalue weighted by Gasteiger charge is 2.18. The van der Waals surface area contributed by atoms with Crippen molar-refractivity contribution in [2.75, 3.05) is 0 Å². The van der Waals surface area contributed by atoms with E-state index < -0.39 is 5.82 Å². The molecule has 4 aromatic rings. The molecule has 0 saturated heterocycles. The molecule has 0 spiro atoms. The Morgan fingerprint density at radius 1 is 1.00 bits per heavy atom. The molecule has 0 N–H and O–H groups in total. The lowest BCUT2D eigenvalue weighted by molar-refractivity contribution is 0.547. The van der Waals surface area contributed by atoms with Gasteiger partial charge < -0.3 is 4.42 Å². The van der Waals surface area contributed by atoms with Crippen molar-refractivity contribution in [3.63, 3.8) is 0 Å². The number of rotatable bonds is 4. The zero-order valence-electron chi connectivity index (χ0n) is 16.0. The van der Waals surface area contributed by atoms with Crippen molar-refractivity contribution in [1.29, 1.82) is 0 Å². The van der Waals surface area contributed by atoms with Gasteiger partial charge in [-0.25, -0.2) is 9.18 Å². The summed E-state index contributed by atoms with van der Waals surface area (Å²) in [5.74, 6) is -0.396. The number of hydrogen-bond donors (Lipinski definition) is 0. The molecular weight excluding hydrogens is 407 g/mol. The van der Waals surface area contributed by atoms with E-state index in [1.807, 2.05) is 24.3 Å². The minimum Gasteiger partial charge on any atom is -0.422 e. The van der Waals surface area contributed by atoms with E-state index in [0.29, 0.717) is 27.5 Å². The van der Waals surface area contributed by atoms with Crippen molar-refractivity contribution < 1.29 is 8.81 Å². The SMILES string of the molecule is Cc1ccc(Cc2c(Sc3ccc(F)cc3Cl)c3ccccc3oc2=O)cc1C. The third-order valence-electron chi connectivity index (χ3n) is 4.91. The minimum atomic E-state index is -0.396. The van der Waals surface area contributed by atoms with Crippen LogP contribution in [-0.2, 0) is 6.42 Å². The highest BCUT2D eigenvalue weighted by Crippen LogP contribution is 2.39. The summed E-state index contributed by atoms with van der Waals surface area (Å²) in [6.07, 6.45) is 0.440. The van der Waals surface area contributed by atoms with Crippen LogP contribution >= 0.6 is 23.4 Å². The zero-order valence-corrected chi connectivity index (χ0v) is 17.5. The second kappa shape index (κ2) is 8.05. The molecule has 0 amide bonds. The van der Waals surface area contributed by atoms with Crippen LogP contribution in [0.1, 0.15) is 22.3 Å². The molecule has 0 fully saturated rings. The van der Waals surface area contributed by atoms with E-state index in [1.54, 1.807) is 12.1 Å². The van der Waals surface area contributed by atoms with Crippen LogP contribution in [0, 0.1) is 19.7 Å². The highest BCUT2D eigenvalue weighted by atomic mass is 35.5. The molecule has 5 heteroatoms. The fraction of sp³-hybridized carbons (Fsp3) is 0.125. The van der Waals surface area contributed by atoms with E-state index in [4.69, 9.17) is 16.0 Å². The molecule has 0 atom stereocenters. The summed E-state index contributed by atoms with van der Waals surface area (Å²) in [5.41, 5.74) is 4.11. The lowest BCUT2D eigenvalue weighted by Gasteiger charge is -2.13. The van der Waals surface area contributed by atoms with Crippen LogP contribution in [0.4, 0.5) is 4.39 Å². The Morgan fingerprint density at radius 2 is 1.79 bits per heavy atom. The number of para-hydroxylation sites is 1. The van der Waals surface area contributed by atoms with Gasteiger partial charge >= 0.3 is 5.63 Å². The third-order valence-corrected chi connectivity index (χ3v) is 6.58. The molecular formula is C24H18ClFO2S. The normalized spacial score (nSPS) is 11.2. The fourth-order valence-electron chi connectivity index (χ4n) is 3.21. The number of halogens is 2. The Kier molecular flexibility index (Phi) is 5.48. The summed E-state index contributed by atoms with van der Waals surface area (Å²) in [4.78, 5) is 14.3. The smallest absolute Gasteiger partial charge is 0.340 e. The maximum Gasteiger partial charge on any atom is 0.340 e. The summed E-state index contributed by atoms with van der Waals surface area (Å²) in [6, 6.07) is 17.9. The van der Waals surface area contributed by atoms with Gasteiger partial charge in [0, 0.05) is 21.6 Å². The Balaban J connectivity index is 1.88. The Labute approximate surface area is 177 Å². The van der Waals surface area contributed by atoms with Gasteiger partial charge in [0.05, 0.1) is 10.6 Å². The first kappa shape index (κ1) is 19.7. The highest BCUT2D eigenvalue weighted by molar-refractivity contribution is 7.99. The van der Waals surface area contributed by atoms with Gasteiger partial charge in [0.2, 0.25) is 0 Å². The molecule has 2 nitrogen and oxygen atoms in total. The lowest BCUT2D eigenvalue weighted by atomic mass is 10.0. The van der Waals surface area contributed by atoms with E-state index in [-0.39, 0.29) is 5.63 Å². The van der Waals surface area contributed by atoms with Crippen LogP contribution in [0.3, 0.4) is 0 Å². The molecule has 0 aliphatic rings. The molecule has 0 aliphatic heterocycles. The van der Waals surface area contributed by atoms with Gasteiger partial charge in [-0.1, -0.05) is 59.8 Å². The zero-order chi connectivity index (χ0) is 20.5. The quantitative estimate of drug-likeness (QED) is 0.332. The molecule has 0 unspecified atom stereocenters. The minimum absolute atomic E-state index is 0.310. The Hall–Kier alpha value is -2.56. The second-order valence-electron chi connectivity index (χ2n) is 6.97. The number of fused-ring (bicyclic) bond motifs is 1. The van der Waals surface area contributed by atoms with Crippen molar-refractivity contribution in [2.24, 2.45) is 0 Å². The Bertz CT molecular complexity index is 1280. The van der Waals surface area contributed by atoms with Gasteiger partial charge in [-0.15, -0.1) is 0 Å². The van der Waals surface area contributed by atoms with E-state index in [1.165, 1.54) is 35.0 Å².